The summed E-state index contributed by atoms with van der Waals surface area (Å²) in [4.78, 5) is 15.7. The van der Waals surface area contributed by atoms with E-state index in [-0.39, 0.29) is 23.7 Å². The highest BCUT2D eigenvalue weighted by Crippen LogP contribution is 2.09. The Morgan fingerprint density at radius 2 is 2.09 bits per heavy atom. The van der Waals surface area contributed by atoms with Crippen LogP contribution in [-0.2, 0) is 23.6 Å². The van der Waals surface area contributed by atoms with E-state index in [1.54, 1.807) is 24.6 Å². The number of imidazole rings is 1. The first-order chi connectivity index (χ1) is 10.3. The van der Waals surface area contributed by atoms with Gasteiger partial charge < -0.3 is 13.9 Å². The highest BCUT2D eigenvalue weighted by Gasteiger charge is 2.16. The van der Waals surface area contributed by atoms with Gasteiger partial charge in [0.05, 0.1) is 13.4 Å². The number of ether oxygens (including phenoxy) is 1. The van der Waals surface area contributed by atoms with Crippen molar-refractivity contribution in [3.8, 4) is 5.75 Å². The molecule has 2 aromatic heterocycles. The van der Waals surface area contributed by atoms with Crippen LogP contribution in [0.15, 0.2) is 34.5 Å². The maximum atomic E-state index is 12.0. The van der Waals surface area contributed by atoms with E-state index < -0.39 is 10.0 Å². The van der Waals surface area contributed by atoms with E-state index in [0.29, 0.717) is 11.4 Å². The molecule has 2 heterocycles. The summed E-state index contributed by atoms with van der Waals surface area (Å²) in [6, 6.07) is 3.08. The lowest BCUT2D eigenvalue weighted by atomic mass is 10.3. The Morgan fingerprint density at radius 3 is 2.64 bits per heavy atom. The fourth-order valence-electron chi connectivity index (χ4n) is 2.00. The van der Waals surface area contributed by atoms with Crippen LogP contribution in [0.4, 0.5) is 0 Å². The van der Waals surface area contributed by atoms with Gasteiger partial charge in [0.15, 0.2) is 5.03 Å². The van der Waals surface area contributed by atoms with Crippen LogP contribution < -0.4 is 15.0 Å². The Balaban J connectivity index is 2.07. The van der Waals surface area contributed by atoms with Crippen LogP contribution in [0, 0.1) is 6.92 Å². The Hall–Kier alpha value is -2.13. The minimum absolute atomic E-state index is 0.0474. The number of hydrogen-bond acceptors (Lipinski definition) is 5. The Kier molecular flexibility index (Phi) is 4.67. The minimum atomic E-state index is -3.67. The average molecular weight is 326 g/mol. The number of aromatic nitrogens is 3. The molecular weight excluding hydrogens is 308 g/mol. The molecule has 0 aliphatic carbocycles. The van der Waals surface area contributed by atoms with Crippen LogP contribution in [0.1, 0.15) is 5.69 Å². The zero-order valence-electron chi connectivity index (χ0n) is 12.6. The highest BCUT2D eigenvalue weighted by molar-refractivity contribution is 7.89. The van der Waals surface area contributed by atoms with Crippen molar-refractivity contribution in [2.45, 2.75) is 18.5 Å². The van der Waals surface area contributed by atoms with Gasteiger partial charge in [-0.1, -0.05) is 0 Å². The van der Waals surface area contributed by atoms with Gasteiger partial charge in [0.2, 0.25) is 0 Å². The van der Waals surface area contributed by atoms with Crippen LogP contribution in [-0.4, -0.2) is 36.2 Å². The third-order valence-corrected chi connectivity index (χ3v) is 4.47. The smallest absolute Gasteiger partial charge is 0.259 e. The second-order valence-corrected chi connectivity index (χ2v) is 6.52. The average Bonchev–Trinajstić information content (AvgIpc) is 2.89. The van der Waals surface area contributed by atoms with Crippen molar-refractivity contribution in [2.75, 3.05) is 13.7 Å². The van der Waals surface area contributed by atoms with Gasteiger partial charge in [-0.15, -0.1) is 0 Å². The first kappa shape index (κ1) is 16.2. The first-order valence-electron chi connectivity index (χ1n) is 6.56. The number of nitrogens with one attached hydrogen (secondary N) is 1. The molecular formula is C13H18N4O4S. The number of pyridine rings is 1. The molecule has 0 bridgehead atoms. The predicted octanol–water partition coefficient (Wildman–Crippen LogP) is -0.123. The lowest BCUT2D eigenvalue weighted by Gasteiger charge is -2.11. The van der Waals surface area contributed by atoms with Gasteiger partial charge in [-0.2, -0.15) is 0 Å². The molecule has 0 radical (unpaired) electrons. The lowest BCUT2D eigenvalue weighted by Crippen LogP contribution is -2.31. The molecule has 0 spiro atoms. The van der Waals surface area contributed by atoms with E-state index in [2.05, 4.69) is 9.71 Å². The SMILES string of the molecule is COc1cc(C)n(CCNS(=O)(=O)c2cn(C)cn2)c(=O)c1. The lowest BCUT2D eigenvalue weighted by molar-refractivity contribution is 0.411. The zero-order valence-corrected chi connectivity index (χ0v) is 13.4. The maximum Gasteiger partial charge on any atom is 0.259 e. The molecule has 0 aliphatic rings. The van der Waals surface area contributed by atoms with Crippen molar-refractivity contribution in [3.05, 3.63) is 40.7 Å². The highest BCUT2D eigenvalue weighted by atomic mass is 32.2. The fraction of sp³-hybridized carbons (Fsp3) is 0.385. The number of rotatable bonds is 6. The molecule has 1 N–H and O–H groups in total. The molecule has 0 unspecified atom stereocenters. The number of hydrogen-bond donors (Lipinski definition) is 1. The third-order valence-electron chi connectivity index (χ3n) is 3.13. The van der Waals surface area contributed by atoms with E-state index in [1.165, 1.54) is 30.3 Å². The Labute approximate surface area is 128 Å². The van der Waals surface area contributed by atoms with Crippen LogP contribution in [0.5, 0.6) is 5.75 Å². The van der Waals surface area contributed by atoms with Crippen LogP contribution in [0.2, 0.25) is 0 Å². The van der Waals surface area contributed by atoms with Gasteiger partial charge in [-0.3, -0.25) is 4.79 Å². The molecule has 9 heteroatoms. The predicted molar refractivity (Wildman–Crippen MR) is 80.4 cm³/mol. The number of methoxy groups -OCH3 is 1. The van der Waals surface area contributed by atoms with E-state index in [0.717, 1.165) is 0 Å². The molecule has 120 valence electrons. The number of aryl methyl sites for hydroxylation is 2. The van der Waals surface area contributed by atoms with E-state index in [9.17, 15) is 13.2 Å². The Morgan fingerprint density at radius 1 is 1.36 bits per heavy atom. The van der Waals surface area contributed by atoms with E-state index >= 15 is 0 Å². The van der Waals surface area contributed by atoms with Crippen molar-refractivity contribution < 1.29 is 13.2 Å². The summed E-state index contributed by atoms with van der Waals surface area (Å²) in [5.74, 6) is 0.479. The second-order valence-electron chi connectivity index (χ2n) is 4.80. The number of sulfonamides is 1. The largest absolute Gasteiger partial charge is 0.496 e. The maximum absolute atomic E-state index is 12.0. The molecule has 0 amide bonds. The van der Waals surface area contributed by atoms with Gasteiger partial charge in [-0.25, -0.2) is 18.1 Å². The van der Waals surface area contributed by atoms with E-state index in [4.69, 9.17) is 4.74 Å². The molecule has 2 aromatic rings. The molecule has 0 saturated carbocycles. The summed E-state index contributed by atoms with van der Waals surface area (Å²) in [5, 5.41) is -0.0474. The van der Waals surface area contributed by atoms with Gasteiger partial charge in [0.1, 0.15) is 5.75 Å². The topological polar surface area (TPSA) is 95.2 Å². The monoisotopic (exact) mass is 326 g/mol. The summed E-state index contributed by atoms with van der Waals surface area (Å²) in [6.45, 7) is 2.07. The fourth-order valence-corrected chi connectivity index (χ4v) is 3.00. The normalized spacial score (nSPS) is 11.6. The third kappa shape index (κ3) is 3.55. The molecule has 8 nitrogen and oxygen atoms in total. The summed E-state index contributed by atoms with van der Waals surface area (Å²) < 4.78 is 34.5. The van der Waals surface area contributed by atoms with Gasteiger partial charge in [-0.05, 0) is 13.0 Å². The quantitative estimate of drug-likeness (QED) is 0.798. The molecule has 0 aliphatic heterocycles. The van der Waals surface area contributed by atoms with Crippen LogP contribution in [0.3, 0.4) is 0 Å². The van der Waals surface area contributed by atoms with Crippen molar-refractivity contribution in [3.63, 3.8) is 0 Å². The molecule has 0 saturated heterocycles. The van der Waals surface area contributed by atoms with Crippen molar-refractivity contribution in [2.24, 2.45) is 7.05 Å². The second kappa shape index (κ2) is 6.32. The van der Waals surface area contributed by atoms with Crippen LogP contribution in [0.25, 0.3) is 0 Å². The van der Waals surface area contributed by atoms with Crippen molar-refractivity contribution in [1.82, 2.24) is 18.8 Å². The first-order valence-corrected chi connectivity index (χ1v) is 8.05. The Bertz CT molecular complexity index is 823. The van der Waals surface area contributed by atoms with Crippen molar-refractivity contribution >= 4 is 10.0 Å². The van der Waals surface area contributed by atoms with E-state index in [1.807, 2.05) is 0 Å². The molecule has 2 rings (SSSR count). The molecule has 0 aromatic carbocycles. The summed E-state index contributed by atoms with van der Waals surface area (Å²) in [7, 11) is -0.498. The van der Waals surface area contributed by atoms with Gasteiger partial charge in [0, 0.05) is 38.1 Å². The van der Waals surface area contributed by atoms with Gasteiger partial charge in [0.25, 0.3) is 15.6 Å². The number of nitrogens with zero attached hydrogens (tertiary/aromatic N) is 3. The van der Waals surface area contributed by atoms with Gasteiger partial charge >= 0.3 is 0 Å². The standard InChI is InChI=1S/C13H18N4O4S/c1-10-6-11(21-3)7-13(18)17(10)5-4-15-22(19,20)12-8-16(2)9-14-12/h6-9,15H,4-5H2,1-3H3. The summed E-state index contributed by atoms with van der Waals surface area (Å²) in [5.41, 5.74) is 0.454. The summed E-state index contributed by atoms with van der Waals surface area (Å²) in [6.07, 6.45) is 2.82. The zero-order chi connectivity index (χ0) is 16.3. The van der Waals surface area contributed by atoms with Crippen molar-refractivity contribution in [1.29, 1.82) is 0 Å². The van der Waals surface area contributed by atoms with Crippen LogP contribution >= 0.6 is 0 Å². The molecule has 22 heavy (non-hydrogen) atoms. The minimum Gasteiger partial charge on any atom is -0.496 e. The summed E-state index contributed by atoms with van der Waals surface area (Å²) >= 11 is 0. The molecule has 0 atom stereocenters. The molecule has 0 fully saturated rings.